The second-order valence-electron chi connectivity index (χ2n) is 10.3. The highest BCUT2D eigenvalue weighted by atomic mass is 16.4. The topological polar surface area (TPSA) is 275 Å². The molecule has 0 aromatic rings. The van der Waals surface area contributed by atoms with Gasteiger partial charge in [0, 0.05) is 12.8 Å². The molecule has 240 valence electrons. The van der Waals surface area contributed by atoms with Crippen LogP contribution in [-0.4, -0.2) is 98.3 Å². The Morgan fingerprint density at radius 3 is 1.38 bits per heavy atom. The van der Waals surface area contributed by atoms with Gasteiger partial charge in [0.15, 0.2) is 0 Å². The second-order valence-corrected chi connectivity index (χ2v) is 10.3. The van der Waals surface area contributed by atoms with E-state index >= 15 is 0 Å². The molecule has 0 unspecified atom stereocenters. The molecule has 0 aromatic carbocycles. The third-order valence-corrected chi connectivity index (χ3v) is 6.92. The van der Waals surface area contributed by atoms with Crippen LogP contribution >= 0.6 is 0 Å². The molecule has 0 spiro atoms. The van der Waals surface area contributed by atoms with Crippen molar-refractivity contribution in [3.8, 4) is 0 Å². The molecule has 0 fully saturated rings. The molecule has 8 atom stereocenters. The smallest absolute Gasteiger partial charge is 0.326 e. The molecule has 0 saturated carbocycles. The average molecular weight is 604 g/mol. The van der Waals surface area contributed by atoms with Crippen LogP contribution in [0.3, 0.4) is 0 Å². The van der Waals surface area contributed by atoms with E-state index in [9.17, 15) is 43.8 Å². The lowest BCUT2D eigenvalue weighted by Crippen LogP contribution is -2.62. The van der Waals surface area contributed by atoms with Gasteiger partial charge in [-0.05, 0) is 31.6 Å². The van der Waals surface area contributed by atoms with Gasteiger partial charge in [-0.25, -0.2) is 4.79 Å². The lowest BCUT2D eigenvalue weighted by atomic mass is 9.94. The van der Waals surface area contributed by atoms with Crippen LogP contribution in [-0.2, 0) is 33.6 Å². The zero-order valence-corrected chi connectivity index (χ0v) is 24.6. The Morgan fingerprint density at radius 1 is 0.619 bits per heavy atom. The highest BCUT2D eigenvalue weighted by Gasteiger charge is 2.36. The van der Waals surface area contributed by atoms with E-state index in [1.54, 1.807) is 27.7 Å². The highest BCUT2D eigenvalue weighted by Crippen LogP contribution is 2.14. The lowest BCUT2D eigenvalue weighted by Gasteiger charge is -2.31. The first-order valence-electron chi connectivity index (χ1n) is 13.8. The maximum atomic E-state index is 13.4. The number of amides is 4. The molecule has 0 bridgehead atoms. The van der Waals surface area contributed by atoms with Gasteiger partial charge in [0.25, 0.3) is 0 Å². The van der Waals surface area contributed by atoms with Crippen LogP contribution in [0.4, 0.5) is 0 Å². The van der Waals surface area contributed by atoms with Gasteiger partial charge in [0.1, 0.15) is 24.2 Å². The number of hydrogen-bond donors (Lipinski definition) is 9. The number of hydrogen-bond acceptors (Lipinski definition) is 9. The van der Waals surface area contributed by atoms with Gasteiger partial charge < -0.3 is 47.4 Å². The van der Waals surface area contributed by atoms with E-state index in [0.29, 0.717) is 12.8 Å². The Kier molecular flexibility index (Phi) is 16.9. The zero-order chi connectivity index (χ0) is 32.7. The number of nitrogens with one attached hydrogen (secondary N) is 4. The summed E-state index contributed by atoms with van der Waals surface area (Å²) in [7, 11) is 0. The third-order valence-electron chi connectivity index (χ3n) is 6.92. The van der Waals surface area contributed by atoms with Crippen molar-refractivity contribution < 1.29 is 54.0 Å². The largest absolute Gasteiger partial charge is 0.481 e. The van der Waals surface area contributed by atoms with Gasteiger partial charge in [-0.15, -0.1) is 0 Å². The molecule has 16 heteroatoms. The van der Waals surface area contributed by atoms with Crippen molar-refractivity contribution in [1.29, 1.82) is 0 Å². The van der Waals surface area contributed by atoms with E-state index < -0.39 is 103 Å². The van der Waals surface area contributed by atoms with E-state index in [-0.39, 0.29) is 12.8 Å². The Bertz CT molecular complexity index is 974. The minimum Gasteiger partial charge on any atom is -0.481 e. The number of carbonyl (C=O) groups is 7. The Balaban J connectivity index is 5.86. The van der Waals surface area contributed by atoms with Gasteiger partial charge in [-0.3, -0.25) is 28.8 Å². The van der Waals surface area contributed by atoms with Crippen molar-refractivity contribution >= 4 is 41.5 Å². The molecule has 0 aliphatic rings. The molecule has 10 N–H and O–H groups in total. The van der Waals surface area contributed by atoms with Crippen molar-refractivity contribution in [2.45, 2.75) is 109 Å². The highest BCUT2D eigenvalue weighted by molar-refractivity contribution is 5.96. The molecule has 0 heterocycles. The van der Waals surface area contributed by atoms with Crippen LogP contribution in [0.5, 0.6) is 0 Å². The van der Waals surface area contributed by atoms with E-state index in [1.807, 2.05) is 0 Å². The second kappa shape index (κ2) is 18.6. The maximum Gasteiger partial charge on any atom is 0.326 e. The normalized spacial score (nSPS) is 16.7. The SMILES string of the molecule is CC[C@H](C)[C@H](NC(=O)[C@@H](NC(=O)[C@@H](N)CCC(=O)O)[C@@H](C)O)C(=O)N[C@H](C(=O)N[C@@H](CCC(=O)O)C(=O)O)[C@@H](C)CC. The van der Waals surface area contributed by atoms with Crippen molar-refractivity contribution in [2.24, 2.45) is 17.6 Å². The maximum absolute atomic E-state index is 13.4. The number of nitrogens with two attached hydrogens (primary N) is 1. The lowest BCUT2D eigenvalue weighted by molar-refractivity contribution is -0.144. The molecule has 16 nitrogen and oxygen atoms in total. The summed E-state index contributed by atoms with van der Waals surface area (Å²) in [5.74, 6) is -8.32. The van der Waals surface area contributed by atoms with Crippen LogP contribution in [0.15, 0.2) is 0 Å². The van der Waals surface area contributed by atoms with Crippen LogP contribution in [0.2, 0.25) is 0 Å². The number of aliphatic hydroxyl groups is 1. The molecule has 0 aromatic heterocycles. The van der Waals surface area contributed by atoms with E-state index in [4.69, 9.17) is 15.9 Å². The quantitative estimate of drug-likeness (QED) is 0.0772. The standard InChI is InChI=1S/C26H45N5O11/c1-6-12(3)19(23(38)28-16(26(41)42)9-11-18(35)36)29-24(39)20(13(4)7-2)30-25(40)21(14(5)32)31-22(37)15(27)8-10-17(33)34/h12-16,19-21,32H,6-11,27H2,1-5H3,(H,28,38)(H,29,39)(H,30,40)(H,31,37)(H,33,34)(H,35,36)(H,41,42)/t12-,13-,14+,15-,16-,19-,20-,21-/m0/s1. The molecule has 0 rings (SSSR count). The minimum atomic E-state index is -1.55. The summed E-state index contributed by atoms with van der Waals surface area (Å²) in [5, 5.41) is 46.8. The first-order chi connectivity index (χ1) is 19.5. The number of carbonyl (C=O) groups excluding carboxylic acids is 4. The van der Waals surface area contributed by atoms with Crippen LogP contribution in [0.1, 0.15) is 73.1 Å². The Hall–Kier alpha value is -3.79. The van der Waals surface area contributed by atoms with Gasteiger partial charge in [0.05, 0.1) is 12.1 Å². The van der Waals surface area contributed by atoms with Crippen molar-refractivity contribution in [2.75, 3.05) is 0 Å². The van der Waals surface area contributed by atoms with E-state index in [2.05, 4.69) is 21.3 Å². The summed E-state index contributed by atoms with van der Waals surface area (Å²) in [4.78, 5) is 85.2. The molecule has 0 aliphatic heterocycles. The molecule has 0 aliphatic carbocycles. The summed E-state index contributed by atoms with van der Waals surface area (Å²) in [6, 6.07) is -6.82. The van der Waals surface area contributed by atoms with Crippen molar-refractivity contribution in [1.82, 2.24) is 21.3 Å². The van der Waals surface area contributed by atoms with Gasteiger partial charge in [-0.2, -0.15) is 0 Å². The van der Waals surface area contributed by atoms with Crippen molar-refractivity contribution in [3.05, 3.63) is 0 Å². The summed E-state index contributed by atoms with van der Waals surface area (Å²) in [5.41, 5.74) is 5.69. The number of rotatable bonds is 20. The van der Waals surface area contributed by atoms with E-state index in [0.717, 1.165) is 0 Å². The summed E-state index contributed by atoms with van der Waals surface area (Å²) in [6.07, 6.45) is -2.15. The fraction of sp³-hybridized carbons (Fsp3) is 0.731. The first-order valence-corrected chi connectivity index (χ1v) is 13.8. The van der Waals surface area contributed by atoms with Crippen LogP contribution in [0, 0.1) is 11.8 Å². The van der Waals surface area contributed by atoms with Gasteiger partial charge in [-0.1, -0.05) is 40.5 Å². The van der Waals surface area contributed by atoms with Crippen LogP contribution in [0.25, 0.3) is 0 Å². The van der Waals surface area contributed by atoms with Crippen molar-refractivity contribution in [3.63, 3.8) is 0 Å². The van der Waals surface area contributed by atoms with Crippen LogP contribution < -0.4 is 27.0 Å². The van der Waals surface area contributed by atoms with Gasteiger partial charge >= 0.3 is 17.9 Å². The molecular weight excluding hydrogens is 558 g/mol. The summed E-state index contributed by atoms with van der Waals surface area (Å²) < 4.78 is 0. The fourth-order valence-corrected chi connectivity index (χ4v) is 3.75. The number of carboxylic acids is 3. The molecule has 4 amide bonds. The number of carboxylic acid groups (broad SMARTS) is 3. The number of aliphatic hydroxyl groups excluding tert-OH is 1. The average Bonchev–Trinajstić information content (AvgIpc) is 2.91. The third kappa shape index (κ3) is 13.2. The Morgan fingerprint density at radius 2 is 1.00 bits per heavy atom. The molecule has 0 radical (unpaired) electrons. The number of aliphatic carboxylic acids is 3. The molecular formula is C26H45N5O11. The summed E-state index contributed by atoms with van der Waals surface area (Å²) in [6.45, 7) is 7.98. The fourth-order valence-electron chi connectivity index (χ4n) is 3.75. The summed E-state index contributed by atoms with van der Waals surface area (Å²) >= 11 is 0. The van der Waals surface area contributed by atoms with Gasteiger partial charge in [0.2, 0.25) is 23.6 Å². The molecule has 0 saturated heterocycles. The first kappa shape index (κ1) is 38.2. The predicted molar refractivity (Wildman–Crippen MR) is 148 cm³/mol. The Labute approximate surface area is 244 Å². The predicted octanol–water partition coefficient (Wildman–Crippen LogP) is -1.46. The minimum absolute atomic E-state index is 0.217. The molecule has 42 heavy (non-hydrogen) atoms. The zero-order valence-electron chi connectivity index (χ0n) is 24.6. The van der Waals surface area contributed by atoms with E-state index in [1.165, 1.54) is 6.92 Å². The monoisotopic (exact) mass is 603 g/mol.